The second-order valence-corrected chi connectivity index (χ2v) is 8.25. The minimum atomic E-state index is -0.238. The molecule has 0 radical (unpaired) electrons. The number of aromatic nitrogens is 5. The molecule has 3 aromatic heterocycles. The van der Waals surface area contributed by atoms with Crippen LogP contribution in [0.25, 0.3) is 10.8 Å². The van der Waals surface area contributed by atoms with E-state index in [0.717, 1.165) is 17.1 Å². The van der Waals surface area contributed by atoms with Gasteiger partial charge in [-0.1, -0.05) is 0 Å². The molecule has 1 saturated heterocycles. The molecular formula is C20H22ClN7O2S. The van der Waals surface area contributed by atoms with Gasteiger partial charge in [0.1, 0.15) is 5.82 Å². The SMILES string of the molecule is Cc1nsc(-c2nc(N3CCCC3=O)c3n2CCN(C(=O)c2ccncc2)[C@@H]3C)n1.Cl. The summed E-state index contributed by atoms with van der Waals surface area (Å²) in [6.07, 6.45) is 4.58. The average molecular weight is 460 g/mol. The monoisotopic (exact) mass is 459 g/mol. The summed E-state index contributed by atoms with van der Waals surface area (Å²) >= 11 is 1.30. The number of pyridine rings is 1. The third kappa shape index (κ3) is 3.59. The van der Waals surface area contributed by atoms with Crippen molar-refractivity contribution in [2.24, 2.45) is 0 Å². The van der Waals surface area contributed by atoms with Crippen LogP contribution >= 0.6 is 23.9 Å². The summed E-state index contributed by atoms with van der Waals surface area (Å²) in [5.74, 6) is 2.07. The Morgan fingerprint density at radius 3 is 2.58 bits per heavy atom. The Hall–Kier alpha value is -2.85. The average Bonchev–Trinajstić information content (AvgIpc) is 3.46. The van der Waals surface area contributed by atoms with Gasteiger partial charge in [-0.3, -0.25) is 19.5 Å². The first-order chi connectivity index (χ1) is 14.5. The number of hydrogen-bond acceptors (Lipinski definition) is 7. The predicted molar refractivity (Wildman–Crippen MR) is 118 cm³/mol. The third-order valence-electron chi connectivity index (χ3n) is 5.65. The fraction of sp³-hybridized carbons (Fsp3) is 0.400. The van der Waals surface area contributed by atoms with E-state index in [4.69, 9.17) is 4.98 Å². The fourth-order valence-corrected chi connectivity index (χ4v) is 4.87. The second-order valence-electron chi connectivity index (χ2n) is 7.50. The Balaban J connectivity index is 0.00000231. The van der Waals surface area contributed by atoms with Gasteiger partial charge in [-0.2, -0.15) is 4.37 Å². The van der Waals surface area contributed by atoms with E-state index in [2.05, 4.69) is 18.9 Å². The van der Waals surface area contributed by atoms with Crippen molar-refractivity contribution in [3.63, 3.8) is 0 Å². The Morgan fingerprint density at radius 1 is 1.16 bits per heavy atom. The van der Waals surface area contributed by atoms with Crippen LogP contribution in [-0.2, 0) is 11.3 Å². The fourth-order valence-electron chi connectivity index (χ4n) is 4.20. The number of anilines is 1. The van der Waals surface area contributed by atoms with E-state index < -0.39 is 0 Å². The van der Waals surface area contributed by atoms with Crippen LogP contribution in [0.3, 0.4) is 0 Å². The lowest BCUT2D eigenvalue weighted by Gasteiger charge is -2.36. The molecule has 0 N–H and O–H groups in total. The van der Waals surface area contributed by atoms with Crippen LogP contribution in [0.15, 0.2) is 24.5 Å². The summed E-state index contributed by atoms with van der Waals surface area (Å²) in [6.45, 7) is 5.61. The van der Waals surface area contributed by atoms with E-state index in [-0.39, 0.29) is 30.3 Å². The van der Waals surface area contributed by atoms with Gasteiger partial charge in [0, 0.05) is 44.0 Å². The van der Waals surface area contributed by atoms with Crippen molar-refractivity contribution in [1.82, 2.24) is 28.8 Å². The van der Waals surface area contributed by atoms with Crippen LogP contribution in [0.2, 0.25) is 0 Å². The van der Waals surface area contributed by atoms with Crippen LogP contribution in [-0.4, -0.2) is 53.7 Å². The molecule has 0 aliphatic carbocycles. The number of nitrogens with zero attached hydrogens (tertiary/aromatic N) is 7. The van der Waals surface area contributed by atoms with Gasteiger partial charge in [-0.15, -0.1) is 12.4 Å². The van der Waals surface area contributed by atoms with Gasteiger partial charge in [0.05, 0.1) is 11.7 Å². The largest absolute Gasteiger partial charge is 0.328 e. The highest BCUT2D eigenvalue weighted by Crippen LogP contribution is 2.39. The molecule has 5 rings (SSSR count). The summed E-state index contributed by atoms with van der Waals surface area (Å²) in [7, 11) is 0. The Kier molecular flexibility index (Phi) is 5.76. The van der Waals surface area contributed by atoms with Crippen molar-refractivity contribution in [3.8, 4) is 10.8 Å². The van der Waals surface area contributed by atoms with Crippen molar-refractivity contribution in [2.75, 3.05) is 18.0 Å². The molecule has 1 fully saturated rings. The van der Waals surface area contributed by atoms with Crippen LogP contribution in [0, 0.1) is 6.92 Å². The minimum Gasteiger partial charge on any atom is -0.328 e. The number of hydrogen-bond donors (Lipinski definition) is 0. The zero-order chi connectivity index (χ0) is 20.8. The lowest BCUT2D eigenvalue weighted by molar-refractivity contribution is -0.117. The van der Waals surface area contributed by atoms with Gasteiger partial charge in [-0.25, -0.2) is 9.97 Å². The summed E-state index contributed by atoms with van der Waals surface area (Å²) in [6, 6.07) is 3.21. The second kappa shape index (κ2) is 8.35. The van der Waals surface area contributed by atoms with Crippen molar-refractivity contribution in [2.45, 2.75) is 39.3 Å². The minimum absolute atomic E-state index is 0. The van der Waals surface area contributed by atoms with Crippen molar-refractivity contribution in [3.05, 3.63) is 41.6 Å². The molecule has 162 valence electrons. The smallest absolute Gasteiger partial charge is 0.254 e. The number of halogens is 1. The quantitative estimate of drug-likeness (QED) is 0.597. The first-order valence-corrected chi connectivity index (χ1v) is 10.7. The molecule has 11 heteroatoms. The normalized spacial score (nSPS) is 18.1. The summed E-state index contributed by atoms with van der Waals surface area (Å²) in [5.41, 5.74) is 1.48. The topological polar surface area (TPSA) is 97.1 Å². The third-order valence-corrected chi connectivity index (χ3v) is 6.45. The molecule has 2 aliphatic rings. The van der Waals surface area contributed by atoms with Crippen molar-refractivity contribution < 1.29 is 9.59 Å². The molecule has 0 bridgehead atoms. The molecule has 0 spiro atoms. The maximum absolute atomic E-state index is 13.2. The number of carbonyl (C=O) groups excluding carboxylic acids is 2. The number of rotatable bonds is 3. The summed E-state index contributed by atoms with van der Waals surface area (Å²) in [4.78, 5) is 42.6. The molecule has 9 nitrogen and oxygen atoms in total. The molecule has 0 saturated carbocycles. The lowest BCUT2D eigenvalue weighted by atomic mass is 10.1. The summed E-state index contributed by atoms with van der Waals surface area (Å²) < 4.78 is 6.39. The van der Waals surface area contributed by atoms with E-state index in [1.54, 1.807) is 29.4 Å². The molecule has 0 aromatic carbocycles. The highest BCUT2D eigenvalue weighted by atomic mass is 35.5. The summed E-state index contributed by atoms with van der Waals surface area (Å²) in [5, 5.41) is 0.729. The van der Waals surface area contributed by atoms with Gasteiger partial charge in [0.15, 0.2) is 16.6 Å². The number of fused-ring (bicyclic) bond motifs is 1. The van der Waals surface area contributed by atoms with Crippen molar-refractivity contribution >= 4 is 41.6 Å². The molecule has 2 aliphatic heterocycles. The molecular weight excluding hydrogens is 438 g/mol. The maximum Gasteiger partial charge on any atom is 0.254 e. The number of carbonyl (C=O) groups is 2. The molecule has 0 unspecified atom stereocenters. The Morgan fingerprint density at radius 2 is 1.94 bits per heavy atom. The highest BCUT2D eigenvalue weighted by molar-refractivity contribution is 7.09. The Labute approximate surface area is 189 Å². The number of amides is 2. The first kappa shape index (κ1) is 21.4. The first-order valence-electron chi connectivity index (χ1n) is 9.97. The lowest BCUT2D eigenvalue weighted by Crippen LogP contribution is -2.42. The predicted octanol–water partition coefficient (Wildman–Crippen LogP) is 2.87. The van der Waals surface area contributed by atoms with Crippen LogP contribution in [0.5, 0.6) is 0 Å². The van der Waals surface area contributed by atoms with Gasteiger partial charge < -0.3 is 9.47 Å². The zero-order valence-corrected chi connectivity index (χ0v) is 18.8. The van der Waals surface area contributed by atoms with Gasteiger partial charge in [0.25, 0.3) is 5.91 Å². The molecule has 3 aromatic rings. The van der Waals surface area contributed by atoms with E-state index in [1.165, 1.54) is 11.5 Å². The number of imidazole rings is 1. The molecule has 1 atom stereocenters. The maximum atomic E-state index is 13.2. The van der Waals surface area contributed by atoms with Crippen LogP contribution < -0.4 is 4.90 Å². The number of aryl methyl sites for hydroxylation is 1. The van der Waals surface area contributed by atoms with Crippen molar-refractivity contribution in [1.29, 1.82) is 0 Å². The zero-order valence-electron chi connectivity index (χ0n) is 17.2. The van der Waals surface area contributed by atoms with Gasteiger partial charge in [0.2, 0.25) is 5.91 Å². The standard InChI is InChI=1S/C20H21N7O2S.ClH/c1-12-16-17(26-9-3-4-15(26)28)23-18(19-22-13(2)24-30-19)27(16)11-10-25(12)20(29)14-5-7-21-8-6-14;/h5-8,12H,3-4,9-11H2,1-2H3;1H/t12-;/m1./s1. The van der Waals surface area contributed by atoms with E-state index in [9.17, 15) is 9.59 Å². The van der Waals surface area contributed by atoms with Gasteiger partial charge in [-0.05, 0) is 43.9 Å². The van der Waals surface area contributed by atoms with Crippen LogP contribution in [0.1, 0.15) is 47.7 Å². The van der Waals surface area contributed by atoms with E-state index in [1.807, 2.05) is 18.7 Å². The molecule has 31 heavy (non-hydrogen) atoms. The van der Waals surface area contributed by atoms with E-state index >= 15 is 0 Å². The van der Waals surface area contributed by atoms with E-state index in [0.29, 0.717) is 49.1 Å². The highest BCUT2D eigenvalue weighted by Gasteiger charge is 2.38. The Bertz CT molecular complexity index is 1130. The molecule has 5 heterocycles. The van der Waals surface area contributed by atoms with Gasteiger partial charge >= 0.3 is 0 Å². The molecule has 2 amide bonds. The van der Waals surface area contributed by atoms with Crippen LogP contribution in [0.4, 0.5) is 5.82 Å².